The maximum Gasteiger partial charge on any atom is 0.333 e. The lowest BCUT2D eigenvalue weighted by atomic mass is 10.2. The van der Waals surface area contributed by atoms with Gasteiger partial charge in [-0.3, -0.25) is 14.2 Å². The topological polar surface area (TPSA) is 90.9 Å². The van der Waals surface area contributed by atoms with E-state index in [2.05, 4.69) is 10.3 Å². The van der Waals surface area contributed by atoms with E-state index in [-0.39, 0.29) is 12.1 Å². The first kappa shape index (κ1) is 23.0. The Morgan fingerprint density at radius 2 is 1.50 bits per heavy atom. The van der Waals surface area contributed by atoms with Gasteiger partial charge in [0.05, 0.1) is 12.9 Å². The summed E-state index contributed by atoms with van der Waals surface area (Å²) >= 11 is 0. The Kier molecular flexibility index (Phi) is 6.32. The minimum atomic E-state index is -0.583. The fraction of sp³-hybridized carbons (Fsp3) is 0.143. The van der Waals surface area contributed by atoms with Gasteiger partial charge in [-0.1, -0.05) is 72.8 Å². The first-order valence-electron chi connectivity index (χ1n) is 11.6. The Balaban J connectivity index is 1.59. The van der Waals surface area contributed by atoms with E-state index in [4.69, 9.17) is 0 Å². The molecule has 0 saturated carbocycles. The monoisotopic (exact) mass is 479 g/mol. The third-order valence-corrected chi connectivity index (χ3v) is 5.97. The number of imidazole rings is 1. The minimum Gasteiger partial charge on any atom is -0.325 e. The smallest absolute Gasteiger partial charge is 0.325 e. The van der Waals surface area contributed by atoms with Gasteiger partial charge in [-0.05, 0) is 35.7 Å². The van der Waals surface area contributed by atoms with Crippen LogP contribution in [0.3, 0.4) is 0 Å². The molecular weight excluding hydrogens is 454 g/mol. The molecule has 0 aliphatic heterocycles. The van der Waals surface area contributed by atoms with Crippen LogP contribution < -0.4 is 16.6 Å². The normalized spacial score (nSPS) is 11.0. The molecule has 5 rings (SSSR count). The number of aryl methyl sites for hydroxylation is 1. The lowest BCUT2D eigenvalue weighted by Crippen LogP contribution is -2.43. The first-order chi connectivity index (χ1) is 17.5. The highest BCUT2D eigenvalue weighted by Crippen LogP contribution is 2.13. The van der Waals surface area contributed by atoms with Gasteiger partial charge in [0, 0.05) is 12.2 Å². The van der Waals surface area contributed by atoms with Crippen LogP contribution in [-0.2, 0) is 24.4 Å². The Bertz CT molecular complexity index is 1650. The number of aromatic nitrogens is 4. The van der Waals surface area contributed by atoms with Crippen molar-refractivity contribution in [1.29, 1.82) is 0 Å². The van der Waals surface area contributed by atoms with Crippen molar-refractivity contribution >= 4 is 22.8 Å². The van der Waals surface area contributed by atoms with Crippen molar-refractivity contribution in [2.45, 2.75) is 26.6 Å². The predicted molar refractivity (Wildman–Crippen MR) is 139 cm³/mol. The quantitative estimate of drug-likeness (QED) is 0.387. The summed E-state index contributed by atoms with van der Waals surface area (Å²) in [6, 6.07) is 26.5. The Hall–Kier alpha value is -4.72. The number of hydrogen-bond donors (Lipinski definition) is 1. The second kappa shape index (κ2) is 9.87. The molecule has 0 fully saturated rings. The van der Waals surface area contributed by atoms with E-state index in [0.717, 1.165) is 21.3 Å². The van der Waals surface area contributed by atoms with Gasteiger partial charge in [0.1, 0.15) is 6.54 Å². The van der Waals surface area contributed by atoms with E-state index >= 15 is 0 Å². The summed E-state index contributed by atoms with van der Waals surface area (Å²) < 4.78 is 4.16. The van der Waals surface area contributed by atoms with Crippen LogP contribution in [0, 0.1) is 6.92 Å². The molecule has 0 radical (unpaired) electrons. The van der Waals surface area contributed by atoms with Gasteiger partial charge in [-0.2, -0.15) is 0 Å². The lowest BCUT2D eigenvalue weighted by molar-refractivity contribution is -0.116. The summed E-state index contributed by atoms with van der Waals surface area (Å²) in [5.74, 6) is -0.459. The van der Waals surface area contributed by atoms with Crippen LogP contribution in [0.15, 0.2) is 101 Å². The summed E-state index contributed by atoms with van der Waals surface area (Å²) in [4.78, 5) is 44.4. The fourth-order valence-electron chi connectivity index (χ4n) is 4.25. The highest BCUT2D eigenvalue weighted by atomic mass is 16.2. The molecule has 8 nitrogen and oxygen atoms in total. The summed E-state index contributed by atoms with van der Waals surface area (Å²) in [5, 5.41) is 2.78. The molecule has 1 N–H and O–H groups in total. The molecule has 0 saturated heterocycles. The van der Waals surface area contributed by atoms with Crippen molar-refractivity contribution in [1.82, 2.24) is 18.7 Å². The van der Waals surface area contributed by atoms with Crippen molar-refractivity contribution in [3.63, 3.8) is 0 Å². The van der Waals surface area contributed by atoms with E-state index in [9.17, 15) is 14.4 Å². The molecule has 2 aromatic heterocycles. The molecule has 0 aliphatic rings. The Morgan fingerprint density at radius 3 is 2.17 bits per heavy atom. The van der Waals surface area contributed by atoms with Gasteiger partial charge in [-0.25, -0.2) is 14.3 Å². The highest BCUT2D eigenvalue weighted by molar-refractivity contribution is 5.90. The van der Waals surface area contributed by atoms with Crippen LogP contribution in [-0.4, -0.2) is 24.6 Å². The molecule has 0 unspecified atom stereocenters. The van der Waals surface area contributed by atoms with Gasteiger partial charge >= 0.3 is 5.69 Å². The third-order valence-electron chi connectivity index (χ3n) is 5.97. The highest BCUT2D eigenvalue weighted by Gasteiger charge is 2.20. The van der Waals surface area contributed by atoms with Gasteiger partial charge in [0.2, 0.25) is 5.91 Å². The largest absolute Gasteiger partial charge is 0.333 e. The maximum absolute atomic E-state index is 13.6. The molecule has 1 amide bonds. The summed E-state index contributed by atoms with van der Waals surface area (Å²) in [6.45, 7) is 2.14. The second-order valence-electron chi connectivity index (χ2n) is 8.69. The average Bonchev–Trinajstić information content (AvgIpc) is 3.29. The van der Waals surface area contributed by atoms with Crippen LogP contribution >= 0.6 is 0 Å². The van der Waals surface area contributed by atoms with Crippen LogP contribution in [0.1, 0.15) is 16.7 Å². The van der Waals surface area contributed by atoms with E-state index in [0.29, 0.717) is 17.9 Å². The number of rotatable bonds is 7. The van der Waals surface area contributed by atoms with Crippen LogP contribution in [0.2, 0.25) is 0 Å². The number of amides is 1. The number of benzene rings is 3. The predicted octanol–water partition coefficient (Wildman–Crippen LogP) is 3.40. The Morgan fingerprint density at radius 1 is 0.833 bits per heavy atom. The molecule has 0 atom stereocenters. The van der Waals surface area contributed by atoms with Gasteiger partial charge in [0.15, 0.2) is 11.2 Å². The van der Waals surface area contributed by atoms with E-state index in [1.54, 1.807) is 17.0 Å². The lowest BCUT2D eigenvalue weighted by Gasteiger charge is -2.13. The molecule has 0 aliphatic carbocycles. The molecule has 180 valence electrons. The van der Waals surface area contributed by atoms with Crippen molar-refractivity contribution in [2.75, 3.05) is 5.32 Å². The van der Waals surface area contributed by atoms with Crippen LogP contribution in [0.25, 0.3) is 11.2 Å². The molecule has 5 aromatic rings. The van der Waals surface area contributed by atoms with Crippen molar-refractivity contribution in [2.24, 2.45) is 0 Å². The summed E-state index contributed by atoms with van der Waals surface area (Å²) in [7, 11) is 0. The zero-order chi connectivity index (χ0) is 25.1. The average molecular weight is 480 g/mol. The minimum absolute atomic E-state index is 0.221. The zero-order valence-corrected chi connectivity index (χ0v) is 19.8. The number of carbonyl (C=O) groups excluding carboxylic acids is 1. The number of hydrogen-bond acceptors (Lipinski definition) is 4. The van der Waals surface area contributed by atoms with Crippen LogP contribution in [0.5, 0.6) is 0 Å². The molecule has 36 heavy (non-hydrogen) atoms. The van der Waals surface area contributed by atoms with Gasteiger partial charge in [0.25, 0.3) is 5.56 Å². The number of nitrogens with zero attached hydrogens (tertiary/aromatic N) is 4. The second-order valence-corrected chi connectivity index (χ2v) is 8.69. The molecule has 8 heteroatoms. The third kappa shape index (κ3) is 4.74. The summed E-state index contributed by atoms with van der Waals surface area (Å²) in [6.07, 6.45) is 1.57. The van der Waals surface area contributed by atoms with Crippen molar-refractivity contribution in [3.8, 4) is 0 Å². The van der Waals surface area contributed by atoms with Crippen LogP contribution in [0.4, 0.5) is 5.69 Å². The molecule has 3 aromatic carbocycles. The molecule has 2 heterocycles. The summed E-state index contributed by atoms with van der Waals surface area (Å²) in [5.41, 5.74) is 2.90. The number of anilines is 1. The van der Waals surface area contributed by atoms with Gasteiger partial charge < -0.3 is 9.88 Å². The van der Waals surface area contributed by atoms with E-state index in [1.807, 2.05) is 85.8 Å². The van der Waals surface area contributed by atoms with Gasteiger partial charge in [-0.15, -0.1) is 0 Å². The van der Waals surface area contributed by atoms with E-state index < -0.39 is 23.7 Å². The zero-order valence-electron chi connectivity index (χ0n) is 19.8. The molecule has 0 bridgehead atoms. The fourth-order valence-corrected chi connectivity index (χ4v) is 4.25. The standard InChI is InChI=1S/C28H25N5O3/c1-20-9-8-14-23(15-20)30-24(34)18-33-27(35)25-26(29-19-31(25)16-21-10-4-2-5-11-21)32(28(33)36)17-22-12-6-3-7-13-22/h2-15,19H,16-18H2,1H3,(H,30,34). The molecule has 0 spiro atoms. The van der Waals surface area contributed by atoms with E-state index in [1.165, 1.54) is 4.57 Å². The number of carbonyl (C=O) groups is 1. The van der Waals surface area contributed by atoms with Crippen molar-refractivity contribution < 1.29 is 4.79 Å². The number of nitrogens with one attached hydrogen (secondary N) is 1. The first-order valence-corrected chi connectivity index (χ1v) is 11.6. The SMILES string of the molecule is Cc1cccc(NC(=O)Cn2c(=O)c3c(ncn3Cc3ccccc3)n(Cc3ccccc3)c2=O)c1. The maximum atomic E-state index is 13.6. The number of fused-ring (bicyclic) bond motifs is 1. The molecular formula is C28H25N5O3. The Labute approximate surface area is 207 Å². The van der Waals surface area contributed by atoms with Crippen molar-refractivity contribution in [3.05, 3.63) is 129 Å².